The van der Waals surface area contributed by atoms with E-state index >= 15 is 0 Å². The van der Waals surface area contributed by atoms with Crippen LogP contribution in [0.4, 0.5) is 5.82 Å². The first-order valence-electron chi connectivity index (χ1n) is 3.64. The molecule has 1 rings (SSSR count). The number of rotatable bonds is 4. The number of pyridine rings is 1. The fourth-order valence-electron chi connectivity index (χ4n) is 0.751. The normalized spacial score (nSPS) is 8.75. The lowest BCUT2D eigenvalue weighted by molar-refractivity contribution is 0.987. The molecule has 0 unspecified atom stereocenters. The van der Waals surface area contributed by atoms with E-state index in [9.17, 15) is 0 Å². The lowest BCUT2D eigenvalue weighted by Gasteiger charge is -2.01. The maximum atomic E-state index is 4.12. The van der Waals surface area contributed by atoms with E-state index in [0.717, 1.165) is 24.1 Å². The Labute approximate surface area is 91.7 Å². The van der Waals surface area contributed by atoms with E-state index in [1.165, 1.54) is 0 Å². The highest BCUT2D eigenvalue weighted by Gasteiger charge is 1.88. The molecule has 0 bridgehead atoms. The summed E-state index contributed by atoms with van der Waals surface area (Å²) >= 11 is 3.36. The van der Waals surface area contributed by atoms with Gasteiger partial charge in [-0.3, -0.25) is 0 Å². The van der Waals surface area contributed by atoms with Crippen molar-refractivity contribution in [1.29, 1.82) is 0 Å². The predicted octanol–water partition coefficient (Wildman–Crippen LogP) is 2.86. The Morgan fingerprint density at radius 2 is 2.25 bits per heavy atom. The smallest absolute Gasteiger partial charge is 0.125 e. The number of alkyl halides is 1. The molecule has 4 heteroatoms. The van der Waals surface area contributed by atoms with Gasteiger partial charge >= 0.3 is 0 Å². The van der Waals surface area contributed by atoms with Gasteiger partial charge in [-0.05, 0) is 18.6 Å². The zero-order chi connectivity index (χ0) is 7.94. The highest BCUT2D eigenvalue weighted by atomic mass is 79.9. The lowest BCUT2D eigenvalue weighted by Crippen LogP contribution is -2.02. The van der Waals surface area contributed by atoms with Gasteiger partial charge in [0.25, 0.3) is 0 Å². The van der Waals surface area contributed by atoms with Crippen LogP contribution in [0, 0.1) is 0 Å². The number of nitrogens with one attached hydrogen (secondary N) is 1. The third-order valence-electron chi connectivity index (χ3n) is 1.28. The quantitative estimate of drug-likeness (QED) is 0.682. The van der Waals surface area contributed by atoms with Crippen molar-refractivity contribution in [2.45, 2.75) is 6.42 Å². The number of hydrogen-bond acceptors (Lipinski definition) is 2. The molecular formula is C8H12Br2N2. The molecule has 2 nitrogen and oxygen atoms in total. The molecule has 0 aliphatic carbocycles. The van der Waals surface area contributed by atoms with Gasteiger partial charge in [-0.15, -0.1) is 17.0 Å². The monoisotopic (exact) mass is 294 g/mol. The summed E-state index contributed by atoms with van der Waals surface area (Å²) in [4.78, 5) is 4.12. The minimum absolute atomic E-state index is 0. The van der Waals surface area contributed by atoms with E-state index in [4.69, 9.17) is 0 Å². The molecule has 1 N–H and O–H groups in total. The van der Waals surface area contributed by atoms with E-state index in [2.05, 4.69) is 26.2 Å². The van der Waals surface area contributed by atoms with Gasteiger partial charge in [0.05, 0.1) is 0 Å². The predicted molar refractivity (Wildman–Crippen MR) is 61.5 cm³/mol. The second-order valence-electron chi connectivity index (χ2n) is 2.18. The van der Waals surface area contributed by atoms with Gasteiger partial charge in [0, 0.05) is 18.1 Å². The Bertz CT molecular complexity index is 192. The highest BCUT2D eigenvalue weighted by Crippen LogP contribution is 1.99. The molecule has 0 spiro atoms. The third-order valence-corrected chi connectivity index (χ3v) is 1.84. The molecule has 1 aromatic heterocycles. The van der Waals surface area contributed by atoms with Crippen molar-refractivity contribution < 1.29 is 0 Å². The van der Waals surface area contributed by atoms with Crippen LogP contribution < -0.4 is 5.32 Å². The van der Waals surface area contributed by atoms with Crippen molar-refractivity contribution in [3.8, 4) is 0 Å². The zero-order valence-corrected chi connectivity index (χ0v) is 9.96. The number of nitrogens with zero attached hydrogens (tertiary/aromatic N) is 1. The van der Waals surface area contributed by atoms with Crippen LogP contribution in [-0.4, -0.2) is 16.9 Å². The molecule has 0 amide bonds. The molecule has 0 atom stereocenters. The molecular weight excluding hydrogens is 284 g/mol. The fraction of sp³-hybridized carbons (Fsp3) is 0.375. The van der Waals surface area contributed by atoms with Gasteiger partial charge in [-0.25, -0.2) is 4.98 Å². The largest absolute Gasteiger partial charge is 0.370 e. The summed E-state index contributed by atoms with van der Waals surface area (Å²) in [6.45, 7) is 0.974. The molecule has 0 fully saturated rings. The maximum absolute atomic E-state index is 4.12. The van der Waals surface area contributed by atoms with Gasteiger partial charge in [0.1, 0.15) is 5.82 Å². The van der Waals surface area contributed by atoms with Gasteiger partial charge in [-0.2, -0.15) is 0 Å². The summed E-state index contributed by atoms with van der Waals surface area (Å²) in [5.41, 5.74) is 0. The van der Waals surface area contributed by atoms with Crippen molar-refractivity contribution in [2.24, 2.45) is 0 Å². The van der Waals surface area contributed by atoms with Crippen molar-refractivity contribution >= 4 is 38.7 Å². The maximum Gasteiger partial charge on any atom is 0.125 e. The van der Waals surface area contributed by atoms with E-state index < -0.39 is 0 Å². The van der Waals surface area contributed by atoms with E-state index in [1.54, 1.807) is 6.20 Å². The number of anilines is 1. The van der Waals surface area contributed by atoms with Gasteiger partial charge < -0.3 is 5.32 Å². The molecule has 1 aromatic rings. The molecule has 0 radical (unpaired) electrons. The first kappa shape index (κ1) is 11.9. The fourth-order valence-corrected chi connectivity index (χ4v) is 1.03. The zero-order valence-electron chi connectivity index (χ0n) is 6.66. The van der Waals surface area contributed by atoms with Gasteiger partial charge in [0.2, 0.25) is 0 Å². The Hall–Kier alpha value is -0.0900. The average molecular weight is 296 g/mol. The summed E-state index contributed by atoms with van der Waals surface area (Å²) in [7, 11) is 0. The van der Waals surface area contributed by atoms with Crippen LogP contribution in [-0.2, 0) is 0 Å². The van der Waals surface area contributed by atoms with Crippen molar-refractivity contribution in [2.75, 3.05) is 17.2 Å². The van der Waals surface area contributed by atoms with Crippen LogP contribution in [0.1, 0.15) is 6.42 Å². The Morgan fingerprint density at radius 1 is 1.42 bits per heavy atom. The highest BCUT2D eigenvalue weighted by molar-refractivity contribution is 9.09. The van der Waals surface area contributed by atoms with Crippen LogP contribution in [0.3, 0.4) is 0 Å². The Morgan fingerprint density at radius 3 is 2.83 bits per heavy atom. The lowest BCUT2D eigenvalue weighted by atomic mass is 10.4. The molecule has 0 aliphatic rings. The second kappa shape index (κ2) is 7.55. The summed E-state index contributed by atoms with van der Waals surface area (Å²) in [5.74, 6) is 0.952. The number of aromatic nitrogens is 1. The molecule has 68 valence electrons. The van der Waals surface area contributed by atoms with Gasteiger partial charge in [-0.1, -0.05) is 22.0 Å². The third kappa shape index (κ3) is 4.72. The SMILES string of the molecule is Br.BrCCCNc1ccccn1. The molecule has 0 saturated carbocycles. The minimum atomic E-state index is 0. The topological polar surface area (TPSA) is 24.9 Å². The van der Waals surface area contributed by atoms with E-state index in [0.29, 0.717) is 0 Å². The molecule has 0 aromatic carbocycles. The number of hydrogen-bond donors (Lipinski definition) is 1. The van der Waals surface area contributed by atoms with Gasteiger partial charge in [0.15, 0.2) is 0 Å². The van der Waals surface area contributed by atoms with Crippen LogP contribution >= 0.6 is 32.9 Å². The molecule has 12 heavy (non-hydrogen) atoms. The van der Waals surface area contributed by atoms with E-state index in [-0.39, 0.29) is 17.0 Å². The molecule has 0 aliphatic heterocycles. The van der Waals surface area contributed by atoms with Crippen LogP contribution in [0.2, 0.25) is 0 Å². The van der Waals surface area contributed by atoms with Crippen LogP contribution in [0.15, 0.2) is 24.4 Å². The van der Waals surface area contributed by atoms with Crippen molar-refractivity contribution in [3.05, 3.63) is 24.4 Å². The molecule has 0 saturated heterocycles. The second-order valence-corrected chi connectivity index (χ2v) is 2.98. The Balaban J connectivity index is 0.00000121. The van der Waals surface area contributed by atoms with Crippen LogP contribution in [0.25, 0.3) is 0 Å². The number of halogens is 2. The van der Waals surface area contributed by atoms with Crippen LogP contribution in [0.5, 0.6) is 0 Å². The minimum Gasteiger partial charge on any atom is -0.370 e. The van der Waals surface area contributed by atoms with E-state index in [1.807, 2.05) is 18.2 Å². The summed E-state index contributed by atoms with van der Waals surface area (Å²) in [6.07, 6.45) is 2.91. The summed E-state index contributed by atoms with van der Waals surface area (Å²) in [5, 5.41) is 4.24. The van der Waals surface area contributed by atoms with Crippen molar-refractivity contribution in [3.63, 3.8) is 0 Å². The standard InChI is InChI=1S/C8H11BrN2.BrH/c9-5-3-7-11-8-4-1-2-6-10-8;/h1-2,4,6H,3,5,7H2,(H,10,11);1H. The summed E-state index contributed by atoms with van der Waals surface area (Å²) < 4.78 is 0. The van der Waals surface area contributed by atoms with Crippen molar-refractivity contribution in [1.82, 2.24) is 4.98 Å². The first-order valence-corrected chi connectivity index (χ1v) is 4.76. The summed E-state index contributed by atoms with van der Waals surface area (Å²) in [6, 6.07) is 5.85. The molecule has 1 heterocycles. The Kier molecular flexibility index (Phi) is 7.50. The average Bonchev–Trinajstić information content (AvgIpc) is 2.07. The first-order chi connectivity index (χ1) is 5.43.